The molecule has 0 unspecified atom stereocenters. The molecule has 0 rings (SSSR count). The molecule has 0 atom stereocenters. The molecule has 0 aromatic carbocycles. The Hall–Kier alpha value is 0.439. The van der Waals surface area contributed by atoms with E-state index >= 15 is 0 Å². The van der Waals surface area contributed by atoms with Gasteiger partial charge in [-0.1, -0.05) is 119 Å². The van der Waals surface area contributed by atoms with Crippen LogP contribution in [0.15, 0.2) is 0 Å². The zero-order chi connectivity index (χ0) is 26.7. The van der Waals surface area contributed by atoms with E-state index in [1.807, 2.05) is 0 Å². The van der Waals surface area contributed by atoms with Gasteiger partial charge in [0.05, 0.1) is 0 Å². The third-order valence-corrected chi connectivity index (χ3v) is 5.04. The van der Waals surface area contributed by atoms with Gasteiger partial charge in [0.25, 0.3) is 0 Å². The Morgan fingerprint density at radius 3 is 1.00 bits per heavy atom. The van der Waals surface area contributed by atoms with Crippen molar-refractivity contribution < 1.29 is 19.1 Å². The predicted octanol–water partition coefficient (Wildman–Crippen LogP) is 8.87. The zero-order valence-corrected chi connectivity index (χ0v) is 28.8. The van der Waals surface area contributed by atoms with Crippen molar-refractivity contribution in [2.45, 2.75) is 144 Å². The average molecular weight is 644 g/mol. The molecule has 0 spiro atoms. The van der Waals surface area contributed by atoms with Crippen molar-refractivity contribution in [3.63, 3.8) is 0 Å². The van der Waals surface area contributed by atoms with Crippen molar-refractivity contribution >= 4 is 61.1 Å². The molecule has 0 aliphatic rings. The standard InChI is InChI=1S/2C10H20O2S.2C4H10.Sn/c2*1-2-3-4-5-6-7-10(11)12-8-9-13;2*1-3-4-2;/h2*13H,2-9H2,1H3;2*3-4H2,1-2H3;. The van der Waals surface area contributed by atoms with E-state index in [-0.39, 0.29) is 35.8 Å². The number of carbonyl (C=O) groups excluding carboxylic acids is 2. The average Bonchev–Trinajstić information content (AvgIpc) is 2.86. The van der Waals surface area contributed by atoms with Crippen molar-refractivity contribution in [1.29, 1.82) is 0 Å². The molecule has 0 bridgehead atoms. The Morgan fingerprint density at radius 1 is 0.486 bits per heavy atom. The number of carbonyl (C=O) groups is 2. The quantitative estimate of drug-likeness (QED) is 0.0678. The van der Waals surface area contributed by atoms with Crippen LogP contribution in [0.25, 0.3) is 0 Å². The summed E-state index contributed by atoms with van der Waals surface area (Å²) in [5.74, 6) is 1.07. The van der Waals surface area contributed by atoms with Gasteiger partial charge in [0.1, 0.15) is 13.2 Å². The predicted molar refractivity (Wildman–Crippen MR) is 163 cm³/mol. The van der Waals surface area contributed by atoms with Crippen LogP contribution in [0.3, 0.4) is 0 Å². The van der Waals surface area contributed by atoms with Crippen LogP contribution < -0.4 is 0 Å². The Kier molecular flexibility index (Phi) is 61.7. The molecule has 4 nitrogen and oxygen atoms in total. The summed E-state index contributed by atoms with van der Waals surface area (Å²) in [6.45, 7) is 14.0. The van der Waals surface area contributed by atoms with Crippen LogP contribution in [0.1, 0.15) is 144 Å². The number of rotatable bonds is 18. The fourth-order valence-corrected chi connectivity index (χ4v) is 2.39. The Balaban J connectivity index is -0.000000128. The summed E-state index contributed by atoms with van der Waals surface area (Å²) in [5.41, 5.74) is 0. The van der Waals surface area contributed by atoms with Gasteiger partial charge in [0, 0.05) is 48.3 Å². The molecule has 0 saturated heterocycles. The molecule has 0 saturated carbocycles. The van der Waals surface area contributed by atoms with Gasteiger partial charge in [-0.05, 0) is 12.8 Å². The third kappa shape index (κ3) is 60.7. The van der Waals surface area contributed by atoms with Gasteiger partial charge < -0.3 is 9.47 Å². The van der Waals surface area contributed by atoms with Crippen molar-refractivity contribution in [2.24, 2.45) is 0 Å². The summed E-state index contributed by atoms with van der Waals surface area (Å²) in [4.78, 5) is 22.0. The normalized spacial score (nSPS) is 9.14. The maximum Gasteiger partial charge on any atom is 0.305 e. The molecule has 0 fully saturated rings. The molecule has 0 aromatic heterocycles. The maximum atomic E-state index is 11.0. The van der Waals surface area contributed by atoms with Gasteiger partial charge in [-0.3, -0.25) is 9.59 Å². The summed E-state index contributed by atoms with van der Waals surface area (Å²) in [6, 6.07) is 0. The number of thiol groups is 2. The number of ether oxygens (including phenoxy) is 2. The fourth-order valence-electron chi connectivity index (χ4n) is 2.21. The Morgan fingerprint density at radius 2 is 0.771 bits per heavy atom. The van der Waals surface area contributed by atoms with Crippen LogP contribution in [-0.4, -0.2) is 60.6 Å². The second kappa shape index (κ2) is 47.6. The van der Waals surface area contributed by atoms with E-state index in [2.05, 4.69) is 66.8 Å². The minimum absolute atomic E-state index is 0. The molecule has 4 radical (unpaired) electrons. The van der Waals surface area contributed by atoms with Crippen LogP contribution in [0.5, 0.6) is 0 Å². The number of hydrogen-bond donors (Lipinski definition) is 2. The van der Waals surface area contributed by atoms with Crippen LogP contribution in [0.2, 0.25) is 0 Å². The Bertz CT molecular complexity index is 335. The van der Waals surface area contributed by atoms with Gasteiger partial charge in [0.15, 0.2) is 0 Å². The summed E-state index contributed by atoms with van der Waals surface area (Å²) >= 11 is 7.91. The summed E-state index contributed by atoms with van der Waals surface area (Å²) in [5, 5.41) is 0. The van der Waals surface area contributed by atoms with Crippen molar-refractivity contribution in [3.05, 3.63) is 0 Å². The molecule has 0 aliphatic carbocycles. The van der Waals surface area contributed by atoms with E-state index in [0.717, 1.165) is 25.7 Å². The topological polar surface area (TPSA) is 52.6 Å². The van der Waals surface area contributed by atoms with Gasteiger partial charge in [-0.2, -0.15) is 25.3 Å². The van der Waals surface area contributed by atoms with Gasteiger partial charge >= 0.3 is 11.9 Å². The monoisotopic (exact) mass is 644 g/mol. The van der Waals surface area contributed by atoms with Gasteiger partial charge in [-0.15, -0.1) is 0 Å². The minimum atomic E-state index is -0.0782. The Labute approximate surface area is 248 Å². The summed E-state index contributed by atoms with van der Waals surface area (Å²) in [6.07, 6.45) is 18.1. The van der Waals surface area contributed by atoms with E-state index in [4.69, 9.17) is 9.47 Å². The molecule has 212 valence electrons. The molecule has 0 aliphatic heterocycles. The summed E-state index contributed by atoms with van der Waals surface area (Å²) < 4.78 is 9.76. The fraction of sp³-hybridized carbons (Fsp3) is 0.929. The first kappa shape index (κ1) is 45.4. The summed E-state index contributed by atoms with van der Waals surface area (Å²) in [7, 11) is 0. The molecular formula is C28H60O4S2Sn. The maximum absolute atomic E-state index is 11.0. The second-order valence-corrected chi connectivity index (χ2v) is 9.11. The van der Waals surface area contributed by atoms with Gasteiger partial charge in [-0.25, -0.2) is 0 Å². The van der Waals surface area contributed by atoms with Gasteiger partial charge in [0.2, 0.25) is 0 Å². The molecule has 0 heterocycles. The second-order valence-electron chi connectivity index (χ2n) is 8.22. The molecule has 0 amide bonds. The molecule has 0 N–H and O–H groups in total. The van der Waals surface area contributed by atoms with Crippen LogP contribution in [0.4, 0.5) is 0 Å². The SMILES string of the molecule is CCCC.CCCC.CCCCCCCC(=O)OCCS.CCCCCCCC(=O)OCCS.[Sn]. The first-order valence-electron chi connectivity index (χ1n) is 14.0. The molecule has 0 aromatic rings. The number of hydrogen-bond acceptors (Lipinski definition) is 6. The van der Waals surface area contributed by atoms with Crippen molar-refractivity contribution in [3.8, 4) is 0 Å². The number of esters is 2. The van der Waals surface area contributed by atoms with Crippen LogP contribution in [-0.2, 0) is 19.1 Å². The van der Waals surface area contributed by atoms with Crippen LogP contribution in [0, 0.1) is 0 Å². The van der Waals surface area contributed by atoms with E-state index in [1.165, 1.54) is 64.2 Å². The first-order chi connectivity index (χ1) is 16.4. The van der Waals surface area contributed by atoms with Crippen LogP contribution >= 0.6 is 25.3 Å². The molecule has 35 heavy (non-hydrogen) atoms. The smallest absolute Gasteiger partial charge is 0.305 e. The van der Waals surface area contributed by atoms with E-state index in [0.29, 0.717) is 37.6 Å². The van der Waals surface area contributed by atoms with Crippen molar-refractivity contribution in [1.82, 2.24) is 0 Å². The third-order valence-electron chi connectivity index (χ3n) is 4.68. The van der Waals surface area contributed by atoms with Crippen molar-refractivity contribution in [2.75, 3.05) is 24.7 Å². The zero-order valence-electron chi connectivity index (χ0n) is 24.2. The molecular weight excluding hydrogens is 583 g/mol. The first-order valence-corrected chi connectivity index (χ1v) is 15.2. The van der Waals surface area contributed by atoms with E-state index in [1.54, 1.807) is 0 Å². The largest absolute Gasteiger partial charge is 0.465 e. The molecule has 7 heteroatoms. The van der Waals surface area contributed by atoms with E-state index < -0.39 is 0 Å². The number of unbranched alkanes of at least 4 members (excludes halogenated alkanes) is 10. The minimum Gasteiger partial charge on any atom is -0.465 e. The van der Waals surface area contributed by atoms with E-state index in [9.17, 15) is 9.59 Å².